The van der Waals surface area contributed by atoms with Crippen LogP contribution in [0.25, 0.3) is 0 Å². The molecule has 0 saturated heterocycles. The predicted octanol–water partition coefficient (Wildman–Crippen LogP) is 2.62. The van der Waals surface area contributed by atoms with Crippen molar-refractivity contribution in [1.82, 2.24) is 0 Å². The van der Waals surface area contributed by atoms with Crippen molar-refractivity contribution in [2.45, 2.75) is 33.3 Å². The quantitative estimate of drug-likeness (QED) is 0.541. The molecule has 5 heteroatoms. The molecule has 0 radical (unpaired) electrons. The zero-order valence-corrected chi connectivity index (χ0v) is 12.0. The molecule has 0 bridgehead atoms. The average molecular weight is 280 g/mol. The lowest BCUT2D eigenvalue weighted by molar-refractivity contribution is -0.150. The summed E-state index contributed by atoms with van der Waals surface area (Å²) in [4.78, 5) is 22.5. The van der Waals surface area contributed by atoms with E-state index in [-0.39, 0.29) is 6.61 Å². The molecule has 0 aliphatic carbocycles. The highest BCUT2D eigenvalue weighted by Crippen LogP contribution is 2.25. The van der Waals surface area contributed by atoms with Crippen LogP contribution >= 0.6 is 0 Å². The van der Waals surface area contributed by atoms with Crippen LogP contribution in [0.15, 0.2) is 18.2 Å². The first-order chi connectivity index (χ1) is 9.62. The van der Waals surface area contributed by atoms with E-state index in [1.54, 1.807) is 32.0 Å². The number of hydrogen-bond acceptors (Lipinski definition) is 5. The molecule has 0 saturated carbocycles. The van der Waals surface area contributed by atoms with Gasteiger partial charge in [0.2, 0.25) is 0 Å². The van der Waals surface area contributed by atoms with Crippen LogP contribution in [-0.4, -0.2) is 31.6 Å². The van der Waals surface area contributed by atoms with Gasteiger partial charge in [0.15, 0.2) is 12.4 Å². The van der Waals surface area contributed by atoms with Gasteiger partial charge >= 0.3 is 5.97 Å². The Labute approximate surface area is 118 Å². The molecule has 1 rings (SSSR count). The summed E-state index contributed by atoms with van der Waals surface area (Å²) in [6, 6.07) is 4.90. The molecule has 0 spiro atoms. The van der Waals surface area contributed by atoms with Crippen LogP contribution in [0.2, 0.25) is 0 Å². The first kappa shape index (κ1) is 16.0. The third-order valence-electron chi connectivity index (χ3n) is 2.51. The van der Waals surface area contributed by atoms with E-state index in [4.69, 9.17) is 14.2 Å². The molecule has 20 heavy (non-hydrogen) atoms. The SMILES string of the molecule is CCCOc1ccc(C=O)c(OC(C)C(=O)OCC)c1. The lowest BCUT2D eigenvalue weighted by atomic mass is 10.2. The highest BCUT2D eigenvalue weighted by atomic mass is 16.6. The van der Waals surface area contributed by atoms with Crippen LogP contribution in [-0.2, 0) is 9.53 Å². The molecule has 0 aromatic heterocycles. The molecule has 5 nitrogen and oxygen atoms in total. The Hall–Kier alpha value is -2.04. The summed E-state index contributed by atoms with van der Waals surface area (Å²) in [6.45, 7) is 6.16. The van der Waals surface area contributed by atoms with E-state index >= 15 is 0 Å². The van der Waals surface area contributed by atoms with Crippen molar-refractivity contribution in [3.8, 4) is 11.5 Å². The second-order valence-electron chi connectivity index (χ2n) is 4.18. The van der Waals surface area contributed by atoms with Gasteiger partial charge in [-0.25, -0.2) is 4.79 Å². The van der Waals surface area contributed by atoms with E-state index in [0.717, 1.165) is 6.42 Å². The molecule has 0 aliphatic rings. The minimum atomic E-state index is -0.782. The van der Waals surface area contributed by atoms with E-state index in [9.17, 15) is 9.59 Å². The Balaban J connectivity index is 2.84. The molecule has 0 fully saturated rings. The molecule has 1 atom stereocenters. The summed E-state index contributed by atoms with van der Waals surface area (Å²) in [5.74, 6) is 0.446. The maximum Gasteiger partial charge on any atom is 0.347 e. The van der Waals surface area contributed by atoms with Crippen molar-refractivity contribution in [1.29, 1.82) is 0 Å². The third kappa shape index (κ3) is 4.57. The normalized spacial score (nSPS) is 11.6. The largest absolute Gasteiger partial charge is 0.493 e. The smallest absolute Gasteiger partial charge is 0.347 e. The van der Waals surface area contributed by atoms with Gasteiger partial charge in [0.25, 0.3) is 0 Å². The fourth-order valence-corrected chi connectivity index (χ4v) is 1.52. The zero-order chi connectivity index (χ0) is 15.0. The van der Waals surface area contributed by atoms with Crippen LogP contribution in [0.4, 0.5) is 0 Å². The van der Waals surface area contributed by atoms with Gasteiger partial charge in [-0.2, -0.15) is 0 Å². The molecule has 1 aromatic carbocycles. The Morgan fingerprint density at radius 3 is 2.70 bits per heavy atom. The highest BCUT2D eigenvalue weighted by Gasteiger charge is 2.17. The lowest BCUT2D eigenvalue weighted by Gasteiger charge is -2.15. The maximum atomic E-state index is 11.5. The maximum absolute atomic E-state index is 11.5. The molecular formula is C15H20O5. The fourth-order valence-electron chi connectivity index (χ4n) is 1.52. The van der Waals surface area contributed by atoms with E-state index < -0.39 is 12.1 Å². The van der Waals surface area contributed by atoms with Crippen LogP contribution in [0, 0.1) is 0 Å². The highest BCUT2D eigenvalue weighted by molar-refractivity contribution is 5.80. The van der Waals surface area contributed by atoms with Crippen molar-refractivity contribution in [3.05, 3.63) is 23.8 Å². The number of rotatable bonds is 8. The van der Waals surface area contributed by atoms with Gasteiger partial charge < -0.3 is 14.2 Å². The first-order valence-electron chi connectivity index (χ1n) is 6.67. The standard InChI is InChI=1S/C15H20O5/c1-4-8-19-13-7-6-12(10-16)14(9-13)20-11(3)15(17)18-5-2/h6-7,9-11H,4-5,8H2,1-3H3. The number of carbonyl (C=O) groups is 2. The van der Waals surface area contributed by atoms with Crippen LogP contribution in [0.3, 0.4) is 0 Å². The van der Waals surface area contributed by atoms with Crippen LogP contribution < -0.4 is 9.47 Å². The van der Waals surface area contributed by atoms with Gasteiger partial charge in [-0.15, -0.1) is 0 Å². The minimum Gasteiger partial charge on any atom is -0.493 e. The summed E-state index contributed by atoms with van der Waals surface area (Å²) in [5.41, 5.74) is 0.366. The van der Waals surface area contributed by atoms with Gasteiger partial charge in [0, 0.05) is 6.07 Å². The molecule has 0 N–H and O–H groups in total. The third-order valence-corrected chi connectivity index (χ3v) is 2.51. The Morgan fingerprint density at radius 1 is 1.35 bits per heavy atom. The van der Waals surface area contributed by atoms with Crippen molar-refractivity contribution in [3.63, 3.8) is 0 Å². The molecule has 0 aliphatic heterocycles. The van der Waals surface area contributed by atoms with Gasteiger partial charge in [0.05, 0.1) is 18.8 Å². The molecule has 0 amide bonds. The zero-order valence-electron chi connectivity index (χ0n) is 12.0. The summed E-state index contributed by atoms with van der Waals surface area (Å²) in [6.07, 6.45) is 0.775. The lowest BCUT2D eigenvalue weighted by Crippen LogP contribution is -2.26. The first-order valence-corrected chi connectivity index (χ1v) is 6.67. The molecule has 0 heterocycles. The average Bonchev–Trinajstić information content (AvgIpc) is 2.45. The minimum absolute atomic E-state index is 0.284. The van der Waals surface area contributed by atoms with Gasteiger partial charge in [-0.05, 0) is 32.4 Å². The second-order valence-corrected chi connectivity index (χ2v) is 4.18. The van der Waals surface area contributed by atoms with Crippen LogP contribution in [0.5, 0.6) is 11.5 Å². The number of aldehydes is 1. The van der Waals surface area contributed by atoms with Crippen molar-refractivity contribution >= 4 is 12.3 Å². The van der Waals surface area contributed by atoms with E-state index in [1.807, 2.05) is 6.92 Å². The summed E-state index contributed by atoms with van der Waals surface area (Å²) in [5, 5.41) is 0. The monoisotopic (exact) mass is 280 g/mol. The topological polar surface area (TPSA) is 61.8 Å². The summed E-state index contributed by atoms with van der Waals surface area (Å²) in [7, 11) is 0. The molecule has 1 aromatic rings. The summed E-state index contributed by atoms with van der Waals surface area (Å²) >= 11 is 0. The van der Waals surface area contributed by atoms with Gasteiger partial charge in [0.1, 0.15) is 11.5 Å². The number of ether oxygens (including phenoxy) is 3. The molecule has 110 valence electrons. The van der Waals surface area contributed by atoms with Crippen molar-refractivity contribution < 1.29 is 23.8 Å². The second kappa shape index (κ2) is 8.19. The Morgan fingerprint density at radius 2 is 2.10 bits per heavy atom. The Bertz CT molecular complexity index is 456. The van der Waals surface area contributed by atoms with Crippen molar-refractivity contribution in [2.24, 2.45) is 0 Å². The predicted molar refractivity (Wildman–Crippen MR) is 74.3 cm³/mol. The number of benzene rings is 1. The number of hydrogen-bond donors (Lipinski definition) is 0. The number of esters is 1. The Kier molecular flexibility index (Phi) is 6.56. The van der Waals surface area contributed by atoms with E-state index in [0.29, 0.717) is 30.0 Å². The van der Waals surface area contributed by atoms with E-state index in [2.05, 4.69) is 0 Å². The number of carbonyl (C=O) groups excluding carboxylic acids is 2. The molecular weight excluding hydrogens is 260 g/mol. The van der Waals surface area contributed by atoms with Gasteiger partial charge in [-0.1, -0.05) is 6.92 Å². The summed E-state index contributed by atoms with van der Waals surface area (Å²) < 4.78 is 15.8. The molecule has 1 unspecified atom stereocenters. The van der Waals surface area contributed by atoms with Crippen molar-refractivity contribution in [2.75, 3.05) is 13.2 Å². The van der Waals surface area contributed by atoms with E-state index in [1.165, 1.54) is 0 Å². The van der Waals surface area contributed by atoms with Crippen LogP contribution in [0.1, 0.15) is 37.6 Å². The fraction of sp³-hybridized carbons (Fsp3) is 0.467. The van der Waals surface area contributed by atoms with Gasteiger partial charge in [-0.3, -0.25) is 4.79 Å².